The molecule has 1 rings (SSSR count). The molecule has 84 valence electrons. The minimum Gasteiger partial charge on any atom is -0.492 e. The number of carboxylic acids is 1. The Kier molecular flexibility index (Phi) is 6.49. The number of hydrogen-bond acceptors (Lipinski definition) is 3. The van der Waals surface area contributed by atoms with Crippen molar-refractivity contribution in [3.63, 3.8) is 0 Å². The molecule has 15 heavy (non-hydrogen) atoms. The van der Waals surface area contributed by atoms with Crippen LogP contribution >= 0.6 is 12.4 Å². The van der Waals surface area contributed by atoms with Crippen molar-refractivity contribution in [1.82, 2.24) is 0 Å². The maximum Gasteiger partial charge on any atom is 0.307 e. The average molecular weight is 232 g/mol. The van der Waals surface area contributed by atoms with E-state index >= 15 is 0 Å². The van der Waals surface area contributed by atoms with Gasteiger partial charge in [0.15, 0.2) is 0 Å². The van der Waals surface area contributed by atoms with Crippen LogP contribution in [0.15, 0.2) is 24.3 Å². The highest BCUT2D eigenvalue weighted by Crippen LogP contribution is 2.13. The summed E-state index contributed by atoms with van der Waals surface area (Å²) in [6.07, 6.45) is 0.0137. The lowest BCUT2D eigenvalue weighted by molar-refractivity contribution is -0.136. The van der Waals surface area contributed by atoms with Crippen molar-refractivity contribution in [3.8, 4) is 5.75 Å². The summed E-state index contributed by atoms with van der Waals surface area (Å²) in [6.45, 7) is 0.889. The van der Waals surface area contributed by atoms with Gasteiger partial charge in [0.25, 0.3) is 0 Å². The first-order valence-corrected chi connectivity index (χ1v) is 4.36. The smallest absolute Gasteiger partial charge is 0.307 e. The molecule has 0 amide bonds. The number of hydrogen-bond donors (Lipinski definition) is 2. The number of carbonyl (C=O) groups is 1. The van der Waals surface area contributed by atoms with Crippen molar-refractivity contribution >= 4 is 18.4 Å². The highest BCUT2D eigenvalue weighted by atomic mass is 35.5. The molecule has 3 N–H and O–H groups in total. The zero-order valence-corrected chi connectivity index (χ0v) is 9.00. The van der Waals surface area contributed by atoms with Crippen LogP contribution in [0.1, 0.15) is 5.56 Å². The number of rotatable bonds is 5. The molecule has 0 aromatic heterocycles. The van der Waals surface area contributed by atoms with Crippen molar-refractivity contribution in [3.05, 3.63) is 29.8 Å². The monoisotopic (exact) mass is 231 g/mol. The molecule has 0 aliphatic carbocycles. The van der Waals surface area contributed by atoms with E-state index in [2.05, 4.69) is 0 Å². The third-order valence-electron chi connectivity index (χ3n) is 1.64. The molecule has 0 aliphatic rings. The van der Waals surface area contributed by atoms with Crippen LogP contribution in [0.25, 0.3) is 0 Å². The van der Waals surface area contributed by atoms with E-state index in [1.54, 1.807) is 24.3 Å². The summed E-state index contributed by atoms with van der Waals surface area (Å²) < 4.78 is 5.26. The third-order valence-corrected chi connectivity index (χ3v) is 1.64. The second-order valence-electron chi connectivity index (χ2n) is 2.86. The molecule has 0 saturated carbocycles. The predicted molar refractivity (Wildman–Crippen MR) is 59.6 cm³/mol. The van der Waals surface area contributed by atoms with Gasteiger partial charge in [0, 0.05) is 6.54 Å². The first kappa shape index (κ1) is 13.7. The van der Waals surface area contributed by atoms with Crippen LogP contribution in [0.3, 0.4) is 0 Å². The predicted octanol–water partition coefficient (Wildman–Crippen LogP) is 1.07. The van der Waals surface area contributed by atoms with Gasteiger partial charge in [-0.2, -0.15) is 0 Å². The number of halogens is 1. The summed E-state index contributed by atoms with van der Waals surface area (Å²) >= 11 is 0. The molecule has 0 aliphatic heterocycles. The second-order valence-corrected chi connectivity index (χ2v) is 2.86. The molecular weight excluding hydrogens is 218 g/mol. The lowest BCUT2D eigenvalue weighted by Gasteiger charge is -2.05. The quantitative estimate of drug-likeness (QED) is 0.795. The number of benzene rings is 1. The summed E-state index contributed by atoms with van der Waals surface area (Å²) in [5.41, 5.74) is 6.00. The molecule has 0 bridgehead atoms. The van der Waals surface area contributed by atoms with Gasteiger partial charge in [-0.3, -0.25) is 4.79 Å². The van der Waals surface area contributed by atoms with E-state index in [4.69, 9.17) is 15.6 Å². The van der Waals surface area contributed by atoms with Crippen LogP contribution in [0.4, 0.5) is 0 Å². The van der Waals surface area contributed by atoms with Crippen molar-refractivity contribution < 1.29 is 14.6 Å². The van der Waals surface area contributed by atoms with Crippen LogP contribution in [0, 0.1) is 0 Å². The zero-order valence-electron chi connectivity index (χ0n) is 8.18. The fraction of sp³-hybridized carbons (Fsp3) is 0.300. The summed E-state index contributed by atoms with van der Waals surface area (Å²) in [5, 5.41) is 8.57. The maximum absolute atomic E-state index is 10.4. The first-order valence-electron chi connectivity index (χ1n) is 4.36. The van der Waals surface area contributed by atoms with Crippen LogP contribution in [0.2, 0.25) is 0 Å². The molecule has 4 nitrogen and oxygen atoms in total. The molecule has 0 spiro atoms. The van der Waals surface area contributed by atoms with E-state index in [9.17, 15) is 4.79 Å². The van der Waals surface area contributed by atoms with E-state index in [0.717, 1.165) is 5.56 Å². The molecule has 1 aromatic rings. The van der Waals surface area contributed by atoms with E-state index < -0.39 is 5.97 Å². The summed E-state index contributed by atoms with van der Waals surface area (Å²) in [6, 6.07) is 7.01. The SMILES string of the molecule is Cl.NCCOc1cccc(CC(=O)O)c1. The van der Waals surface area contributed by atoms with Gasteiger partial charge in [-0.25, -0.2) is 0 Å². The molecule has 0 fully saturated rings. The van der Waals surface area contributed by atoms with Gasteiger partial charge < -0.3 is 15.6 Å². The lowest BCUT2D eigenvalue weighted by atomic mass is 10.1. The average Bonchev–Trinajstić information content (AvgIpc) is 2.14. The number of aliphatic carboxylic acids is 1. The number of nitrogens with two attached hydrogens (primary N) is 1. The van der Waals surface area contributed by atoms with Crippen LogP contribution in [-0.4, -0.2) is 24.2 Å². The first-order chi connectivity index (χ1) is 6.72. The molecule has 0 unspecified atom stereocenters. The standard InChI is InChI=1S/C10H13NO3.ClH/c11-4-5-14-9-3-1-2-8(6-9)7-10(12)13;/h1-3,6H,4-5,7,11H2,(H,12,13);1H. The van der Waals surface area contributed by atoms with Gasteiger partial charge in [-0.15, -0.1) is 12.4 Å². The minimum atomic E-state index is -0.846. The number of ether oxygens (including phenoxy) is 1. The Hall–Kier alpha value is -1.26. The molecule has 0 radical (unpaired) electrons. The zero-order chi connectivity index (χ0) is 10.4. The van der Waals surface area contributed by atoms with E-state index in [1.165, 1.54) is 0 Å². The molecule has 0 saturated heterocycles. The van der Waals surface area contributed by atoms with Crippen LogP contribution in [-0.2, 0) is 11.2 Å². The highest BCUT2D eigenvalue weighted by Gasteiger charge is 2.01. The van der Waals surface area contributed by atoms with Gasteiger partial charge in [0.05, 0.1) is 6.42 Å². The van der Waals surface area contributed by atoms with Crippen molar-refractivity contribution in [2.24, 2.45) is 5.73 Å². The molecular formula is C10H14ClNO3. The Bertz CT molecular complexity index is 317. The Balaban J connectivity index is 0.00000196. The van der Waals surface area contributed by atoms with Crippen molar-refractivity contribution in [1.29, 1.82) is 0 Å². The molecule has 0 atom stereocenters. The topological polar surface area (TPSA) is 72.5 Å². The van der Waals surface area contributed by atoms with Gasteiger partial charge in [0.2, 0.25) is 0 Å². The van der Waals surface area contributed by atoms with E-state index in [1.807, 2.05) is 0 Å². The van der Waals surface area contributed by atoms with Crippen molar-refractivity contribution in [2.45, 2.75) is 6.42 Å². The molecule has 0 heterocycles. The van der Waals surface area contributed by atoms with E-state index in [0.29, 0.717) is 18.9 Å². The van der Waals surface area contributed by atoms with E-state index in [-0.39, 0.29) is 18.8 Å². The highest BCUT2D eigenvalue weighted by molar-refractivity contribution is 5.85. The molecule has 5 heteroatoms. The lowest BCUT2D eigenvalue weighted by Crippen LogP contribution is -2.10. The number of carboxylic acid groups (broad SMARTS) is 1. The van der Waals surface area contributed by atoms with Gasteiger partial charge in [0.1, 0.15) is 12.4 Å². The second kappa shape index (κ2) is 7.09. The Morgan fingerprint density at radius 1 is 1.47 bits per heavy atom. The Morgan fingerprint density at radius 2 is 2.20 bits per heavy atom. The van der Waals surface area contributed by atoms with Crippen molar-refractivity contribution in [2.75, 3.05) is 13.2 Å². The van der Waals surface area contributed by atoms with Gasteiger partial charge in [-0.05, 0) is 17.7 Å². The third kappa shape index (κ3) is 5.24. The molecule has 1 aromatic carbocycles. The summed E-state index contributed by atoms with van der Waals surface area (Å²) in [4.78, 5) is 10.4. The Morgan fingerprint density at radius 3 is 2.80 bits per heavy atom. The fourth-order valence-corrected chi connectivity index (χ4v) is 1.10. The fourth-order valence-electron chi connectivity index (χ4n) is 1.10. The normalized spacial score (nSPS) is 9.13. The largest absolute Gasteiger partial charge is 0.492 e. The summed E-state index contributed by atoms with van der Waals surface area (Å²) in [5.74, 6) is -0.185. The minimum absolute atomic E-state index is 0. The van der Waals surface area contributed by atoms with Gasteiger partial charge >= 0.3 is 5.97 Å². The van der Waals surface area contributed by atoms with Gasteiger partial charge in [-0.1, -0.05) is 12.1 Å². The van der Waals surface area contributed by atoms with Crippen LogP contribution in [0.5, 0.6) is 5.75 Å². The van der Waals surface area contributed by atoms with Crippen LogP contribution < -0.4 is 10.5 Å². The maximum atomic E-state index is 10.4. The summed E-state index contributed by atoms with van der Waals surface area (Å²) in [7, 11) is 0. The Labute approximate surface area is 94.5 Å².